The molecule has 0 unspecified atom stereocenters. The quantitative estimate of drug-likeness (QED) is 0.817. The highest BCUT2D eigenvalue weighted by atomic mass is 35.5. The van der Waals surface area contributed by atoms with Crippen LogP contribution < -0.4 is 15.5 Å². The average molecular weight is 386 g/mol. The van der Waals surface area contributed by atoms with Crippen molar-refractivity contribution >= 4 is 29.0 Å². The van der Waals surface area contributed by atoms with E-state index in [1.807, 2.05) is 36.4 Å². The number of hydrogen-bond acceptors (Lipinski definition) is 3. The molecule has 2 aromatic carbocycles. The number of carbonyl (C=O) groups excluding carboxylic acids is 1. The summed E-state index contributed by atoms with van der Waals surface area (Å²) in [5.74, 6) is 0. The first-order valence-electron chi connectivity index (χ1n) is 9.39. The first-order valence-corrected chi connectivity index (χ1v) is 9.77. The molecule has 6 heteroatoms. The molecule has 2 aliphatic rings. The predicted molar refractivity (Wildman–Crippen MR) is 109 cm³/mol. The lowest BCUT2D eigenvalue weighted by molar-refractivity contribution is 0.123. The van der Waals surface area contributed by atoms with Gasteiger partial charge >= 0.3 is 6.03 Å². The minimum absolute atomic E-state index is 0.0473. The summed E-state index contributed by atoms with van der Waals surface area (Å²) in [5.41, 5.74) is 3.15. The highest BCUT2D eigenvalue weighted by Crippen LogP contribution is 2.47. The number of hydrogen-bond donors (Lipinski definition) is 2. The van der Waals surface area contributed by atoms with Crippen LogP contribution in [0, 0.1) is 0 Å². The van der Waals surface area contributed by atoms with Crippen LogP contribution in [0.2, 0.25) is 5.02 Å². The number of rotatable bonds is 5. The molecule has 0 radical (unpaired) electrons. The number of para-hydroxylation sites is 2. The second kappa shape index (κ2) is 7.79. The highest BCUT2D eigenvalue weighted by molar-refractivity contribution is 6.30. The molecule has 1 saturated heterocycles. The van der Waals surface area contributed by atoms with Gasteiger partial charge in [-0.2, -0.15) is 0 Å². The Morgan fingerprint density at radius 2 is 1.78 bits per heavy atom. The van der Waals surface area contributed by atoms with Crippen LogP contribution in [0.3, 0.4) is 0 Å². The van der Waals surface area contributed by atoms with Gasteiger partial charge in [0.15, 0.2) is 0 Å². The summed E-state index contributed by atoms with van der Waals surface area (Å²) in [6.45, 7) is 3.72. The molecule has 0 bridgehead atoms. The van der Waals surface area contributed by atoms with E-state index in [4.69, 9.17) is 16.3 Å². The molecule has 27 heavy (non-hydrogen) atoms. The van der Waals surface area contributed by atoms with Gasteiger partial charge in [0.05, 0.1) is 24.6 Å². The molecule has 1 aliphatic heterocycles. The summed E-state index contributed by atoms with van der Waals surface area (Å²) < 4.78 is 5.42. The van der Waals surface area contributed by atoms with Gasteiger partial charge < -0.3 is 20.3 Å². The zero-order valence-electron chi connectivity index (χ0n) is 15.2. The highest BCUT2D eigenvalue weighted by Gasteiger charge is 2.44. The number of morpholine rings is 1. The maximum Gasteiger partial charge on any atom is 0.319 e. The molecule has 0 atom stereocenters. The molecule has 1 heterocycles. The first kappa shape index (κ1) is 18.1. The Balaban J connectivity index is 1.38. The fraction of sp³-hybridized carbons (Fsp3) is 0.381. The summed E-state index contributed by atoms with van der Waals surface area (Å²) in [5, 5.41) is 6.80. The van der Waals surface area contributed by atoms with Gasteiger partial charge in [0.25, 0.3) is 0 Å². The monoisotopic (exact) mass is 385 g/mol. The summed E-state index contributed by atoms with van der Waals surface area (Å²) in [4.78, 5) is 14.8. The van der Waals surface area contributed by atoms with Crippen LogP contribution in [0.15, 0.2) is 48.5 Å². The van der Waals surface area contributed by atoms with Crippen LogP contribution in [-0.2, 0) is 10.2 Å². The molecular formula is C21H24ClN3O2. The standard InChI is InChI=1S/C21H24ClN3O2/c22-17-7-5-16(6-8-17)21(9-10-21)15-23-20(26)24-18-3-1-2-4-19(18)25-11-13-27-14-12-25/h1-8H,9-15H2,(H2,23,24,26). The summed E-state index contributed by atoms with van der Waals surface area (Å²) in [6, 6.07) is 15.7. The first-order chi connectivity index (χ1) is 13.2. The van der Waals surface area contributed by atoms with Crippen molar-refractivity contribution in [3.63, 3.8) is 0 Å². The zero-order valence-corrected chi connectivity index (χ0v) is 16.0. The van der Waals surface area contributed by atoms with Gasteiger partial charge in [-0.3, -0.25) is 0 Å². The molecule has 2 N–H and O–H groups in total. The number of urea groups is 1. The largest absolute Gasteiger partial charge is 0.378 e. The third-order valence-corrected chi connectivity index (χ3v) is 5.65. The van der Waals surface area contributed by atoms with Gasteiger partial charge in [0, 0.05) is 30.1 Å². The van der Waals surface area contributed by atoms with Crippen molar-refractivity contribution in [2.75, 3.05) is 43.1 Å². The number of carbonyl (C=O) groups is 1. The smallest absolute Gasteiger partial charge is 0.319 e. The lowest BCUT2D eigenvalue weighted by atomic mass is 9.96. The predicted octanol–water partition coefficient (Wildman–Crippen LogP) is 4.03. The van der Waals surface area contributed by atoms with Crippen LogP contribution in [0.1, 0.15) is 18.4 Å². The van der Waals surface area contributed by atoms with E-state index in [0.717, 1.165) is 42.3 Å². The fourth-order valence-corrected chi connectivity index (χ4v) is 3.72. The van der Waals surface area contributed by atoms with Crippen LogP contribution in [0.5, 0.6) is 0 Å². The van der Waals surface area contributed by atoms with E-state index in [2.05, 4.69) is 27.7 Å². The molecule has 2 amide bonds. The molecule has 0 spiro atoms. The fourth-order valence-electron chi connectivity index (χ4n) is 3.60. The second-order valence-corrected chi connectivity index (χ2v) is 7.65. The number of amides is 2. The Kier molecular flexibility index (Phi) is 5.23. The Labute approximate surface area is 164 Å². The minimum atomic E-state index is -0.170. The number of halogens is 1. The van der Waals surface area contributed by atoms with Crippen LogP contribution in [0.25, 0.3) is 0 Å². The SMILES string of the molecule is O=C(NCC1(c2ccc(Cl)cc2)CC1)Nc1ccccc1N1CCOCC1. The van der Waals surface area contributed by atoms with Crippen LogP contribution in [0.4, 0.5) is 16.2 Å². The number of nitrogens with zero attached hydrogens (tertiary/aromatic N) is 1. The third-order valence-electron chi connectivity index (χ3n) is 5.40. The third kappa shape index (κ3) is 4.20. The van der Waals surface area contributed by atoms with E-state index in [-0.39, 0.29) is 11.4 Å². The van der Waals surface area contributed by atoms with Gasteiger partial charge in [0.2, 0.25) is 0 Å². The van der Waals surface area contributed by atoms with Gasteiger partial charge in [-0.15, -0.1) is 0 Å². The molecule has 4 rings (SSSR count). The molecule has 2 fully saturated rings. The summed E-state index contributed by atoms with van der Waals surface area (Å²) in [7, 11) is 0. The van der Waals surface area contributed by atoms with E-state index < -0.39 is 0 Å². The zero-order chi connectivity index (χ0) is 18.7. The van der Waals surface area contributed by atoms with Crippen molar-refractivity contribution in [1.82, 2.24) is 5.32 Å². The van der Waals surface area contributed by atoms with Crippen molar-refractivity contribution in [1.29, 1.82) is 0 Å². The van der Waals surface area contributed by atoms with Gasteiger partial charge in [0.1, 0.15) is 0 Å². The van der Waals surface area contributed by atoms with E-state index in [1.54, 1.807) is 0 Å². The van der Waals surface area contributed by atoms with Crippen molar-refractivity contribution in [2.45, 2.75) is 18.3 Å². The average Bonchev–Trinajstić information content (AvgIpc) is 3.49. The lowest BCUT2D eigenvalue weighted by Gasteiger charge is -2.30. The van der Waals surface area contributed by atoms with Gasteiger partial charge in [-0.05, 0) is 42.7 Å². The number of benzene rings is 2. The molecule has 2 aromatic rings. The topological polar surface area (TPSA) is 53.6 Å². The van der Waals surface area contributed by atoms with Crippen molar-refractivity contribution in [3.05, 3.63) is 59.1 Å². The minimum Gasteiger partial charge on any atom is -0.378 e. The molecule has 1 saturated carbocycles. The van der Waals surface area contributed by atoms with E-state index in [1.165, 1.54) is 5.56 Å². The van der Waals surface area contributed by atoms with Crippen molar-refractivity contribution < 1.29 is 9.53 Å². The van der Waals surface area contributed by atoms with Crippen LogP contribution >= 0.6 is 11.6 Å². The molecule has 5 nitrogen and oxygen atoms in total. The lowest BCUT2D eigenvalue weighted by Crippen LogP contribution is -2.38. The molecular weight excluding hydrogens is 362 g/mol. The van der Waals surface area contributed by atoms with Crippen LogP contribution in [-0.4, -0.2) is 38.9 Å². The number of ether oxygens (including phenoxy) is 1. The maximum absolute atomic E-state index is 12.5. The number of nitrogens with one attached hydrogen (secondary N) is 2. The molecule has 142 valence electrons. The van der Waals surface area contributed by atoms with Crippen molar-refractivity contribution in [3.8, 4) is 0 Å². The van der Waals surface area contributed by atoms with E-state index in [9.17, 15) is 4.79 Å². The van der Waals surface area contributed by atoms with E-state index in [0.29, 0.717) is 19.8 Å². The normalized spacial score (nSPS) is 18.0. The maximum atomic E-state index is 12.5. The number of anilines is 2. The van der Waals surface area contributed by atoms with Gasteiger partial charge in [-0.25, -0.2) is 4.79 Å². The van der Waals surface area contributed by atoms with Gasteiger partial charge in [-0.1, -0.05) is 35.9 Å². The second-order valence-electron chi connectivity index (χ2n) is 7.21. The Bertz CT molecular complexity index is 799. The Morgan fingerprint density at radius 3 is 2.48 bits per heavy atom. The molecule has 1 aliphatic carbocycles. The molecule has 0 aromatic heterocycles. The Hall–Kier alpha value is -2.24. The van der Waals surface area contributed by atoms with Crippen molar-refractivity contribution in [2.24, 2.45) is 0 Å². The summed E-state index contributed by atoms with van der Waals surface area (Å²) >= 11 is 5.99. The summed E-state index contributed by atoms with van der Waals surface area (Å²) in [6.07, 6.45) is 2.17. The Morgan fingerprint density at radius 1 is 1.07 bits per heavy atom. The van der Waals surface area contributed by atoms with E-state index >= 15 is 0 Å².